The van der Waals surface area contributed by atoms with E-state index in [1.54, 1.807) is 13.0 Å². The summed E-state index contributed by atoms with van der Waals surface area (Å²) in [5, 5.41) is 20.0. The van der Waals surface area contributed by atoms with Gasteiger partial charge in [0.25, 0.3) is 0 Å². The molecule has 6 nitrogen and oxygen atoms in total. The molecule has 0 fully saturated rings. The first-order chi connectivity index (χ1) is 9.88. The van der Waals surface area contributed by atoms with E-state index in [1.807, 2.05) is 0 Å². The SMILES string of the molecule is Cc1ccc(C(=O)O)cc1Oc1cc(Br)ccc1[N+](=O)[O-]. The van der Waals surface area contributed by atoms with Crippen molar-refractivity contribution in [1.29, 1.82) is 0 Å². The van der Waals surface area contributed by atoms with Crippen LogP contribution in [-0.2, 0) is 0 Å². The van der Waals surface area contributed by atoms with Crippen molar-refractivity contribution >= 4 is 27.6 Å². The number of nitrogens with zero attached hydrogens (tertiary/aromatic N) is 1. The minimum absolute atomic E-state index is 0.0417. The van der Waals surface area contributed by atoms with Gasteiger partial charge >= 0.3 is 11.7 Å². The smallest absolute Gasteiger partial charge is 0.335 e. The first-order valence-electron chi connectivity index (χ1n) is 5.84. The predicted octanol–water partition coefficient (Wildman–Crippen LogP) is 4.16. The Hall–Kier alpha value is -2.41. The van der Waals surface area contributed by atoms with Crippen LogP contribution in [0.3, 0.4) is 0 Å². The van der Waals surface area contributed by atoms with Gasteiger partial charge in [-0.15, -0.1) is 0 Å². The molecule has 0 amide bonds. The van der Waals surface area contributed by atoms with E-state index in [1.165, 1.54) is 30.3 Å². The van der Waals surface area contributed by atoms with E-state index >= 15 is 0 Å². The Balaban J connectivity index is 2.47. The first-order valence-corrected chi connectivity index (χ1v) is 6.63. The zero-order valence-corrected chi connectivity index (χ0v) is 12.5. The molecule has 0 aliphatic rings. The van der Waals surface area contributed by atoms with Crippen molar-refractivity contribution in [2.75, 3.05) is 0 Å². The van der Waals surface area contributed by atoms with E-state index < -0.39 is 10.9 Å². The summed E-state index contributed by atoms with van der Waals surface area (Å²) in [6.45, 7) is 1.73. The van der Waals surface area contributed by atoms with Crippen LogP contribution in [0.25, 0.3) is 0 Å². The molecule has 0 saturated heterocycles. The summed E-state index contributed by atoms with van der Waals surface area (Å²) >= 11 is 3.22. The molecular weight excluding hydrogens is 342 g/mol. The van der Waals surface area contributed by atoms with Gasteiger partial charge in [-0.1, -0.05) is 22.0 Å². The van der Waals surface area contributed by atoms with Gasteiger partial charge in [0.05, 0.1) is 10.5 Å². The van der Waals surface area contributed by atoms with Crippen LogP contribution in [-0.4, -0.2) is 16.0 Å². The van der Waals surface area contributed by atoms with Gasteiger partial charge in [0, 0.05) is 16.6 Å². The van der Waals surface area contributed by atoms with Crippen LogP contribution in [0.4, 0.5) is 5.69 Å². The number of halogens is 1. The molecule has 0 spiro atoms. The highest BCUT2D eigenvalue weighted by atomic mass is 79.9. The summed E-state index contributed by atoms with van der Waals surface area (Å²) in [4.78, 5) is 21.4. The summed E-state index contributed by atoms with van der Waals surface area (Å²) < 4.78 is 6.16. The fourth-order valence-electron chi connectivity index (χ4n) is 1.68. The fraction of sp³-hybridized carbons (Fsp3) is 0.0714. The Morgan fingerprint density at radius 1 is 1.24 bits per heavy atom. The van der Waals surface area contributed by atoms with Gasteiger partial charge in [-0.25, -0.2) is 4.79 Å². The molecule has 0 radical (unpaired) electrons. The second kappa shape index (κ2) is 5.92. The molecule has 2 aromatic rings. The van der Waals surface area contributed by atoms with Crippen LogP contribution in [0.5, 0.6) is 11.5 Å². The van der Waals surface area contributed by atoms with Gasteiger partial charge in [0.1, 0.15) is 5.75 Å². The zero-order valence-electron chi connectivity index (χ0n) is 10.9. The molecule has 0 aliphatic carbocycles. The molecule has 0 bridgehead atoms. The standard InChI is InChI=1S/C14H10BrNO5/c1-8-2-3-9(14(17)18)6-12(8)21-13-7-10(15)4-5-11(13)16(19)20/h2-7H,1H3,(H,17,18). The molecule has 0 heterocycles. The fourth-order valence-corrected chi connectivity index (χ4v) is 2.02. The number of hydrogen-bond acceptors (Lipinski definition) is 4. The number of nitro benzene ring substituents is 1. The van der Waals surface area contributed by atoms with Crippen molar-refractivity contribution < 1.29 is 19.6 Å². The van der Waals surface area contributed by atoms with Crippen molar-refractivity contribution in [3.05, 3.63) is 62.1 Å². The Labute approximate surface area is 128 Å². The number of carbonyl (C=O) groups is 1. The van der Waals surface area contributed by atoms with E-state index in [-0.39, 0.29) is 22.7 Å². The molecule has 0 unspecified atom stereocenters. The lowest BCUT2D eigenvalue weighted by Crippen LogP contribution is -1.99. The Kier molecular flexibility index (Phi) is 4.23. The summed E-state index contributed by atoms with van der Waals surface area (Å²) in [6, 6.07) is 8.68. The zero-order chi connectivity index (χ0) is 15.6. The maximum Gasteiger partial charge on any atom is 0.335 e. The lowest BCUT2D eigenvalue weighted by Gasteiger charge is -2.10. The van der Waals surface area contributed by atoms with Gasteiger partial charge in [-0.2, -0.15) is 0 Å². The third kappa shape index (κ3) is 3.38. The maximum atomic E-state index is 11.0. The van der Waals surface area contributed by atoms with E-state index in [9.17, 15) is 14.9 Å². The number of ether oxygens (including phenoxy) is 1. The Morgan fingerprint density at radius 3 is 2.57 bits per heavy atom. The van der Waals surface area contributed by atoms with E-state index in [0.29, 0.717) is 10.0 Å². The van der Waals surface area contributed by atoms with Crippen molar-refractivity contribution in [2.24, 2.45) is 0 Å². The monoisotopic (exact) mass is 351 g/mol. The van der Waals surface area contributed by atoms with Crippen molar-refractivity contribution in [3.8, 4) is 11.5 Å². The van der Waals surface area contributed by atoms with Gasteiger partial charge in [-0.05, 0) is 30.7 Å². The topological polar surface area (TPSA) is 89.7 Å². The molecule has 21 heavy (non-hydrogen) atoms. The highest BCUT2D eigenvalue weighted by molar-refractivity contribution is 9.10. The largest absolute Gasteiger partial charge is 0.478 e. The number of benzene rings is 2. The van der Waals surface area contributed by atoms with E-state index in [2.05, 4.69) is 15.9 Å². The third-order valence-corrected chi connectivity index (χ3v) is 3.27. The van der Waals surface area contributed by atoms with Crippen LogP contribution in [0.1, 0.15) is 15.9 Å². The minimum atomic E-state index is -1.09. The lowest BCUT2D eigenvalue weighted by molar-refractivity contribution is -0.385. The van der Waals surface area contributed by atoms with Crippen molar-refractivity contribution in [2.45, 2.75) is 6.92 Å². The predicted molar refractivity (Wildman–Crippen MR) is 79.0 cm³/mol. The molecule has 0 saturated carbocycles. The molecule has 0 atom stereocenters. The summed E-state index contributed by atoms with van der Waals surface area (Å²) in [6.07, 6.45) is 0. The highest BCUT2D eigenvalue weighted by Crippen LogP contribution is 2.35. The molecule has 2 aromatic carbocycles. The molecule has 7 heteroatoms. The number of aromatic carboxylic acids is 1. The third-order valence-electron chi connectivity index (χ3n) is 2.77. The van der Waals surface area contributed by atoms with Gasteiger partial charge < -0.3 is 9.84 Å². The summed E-state index contributed by atoms with van der Waals surface area (Å²) in [7, 11) is 0. The molecule has 0 aromatic heterocycles. The van der Waals surface area contributed by atoms with E-state index in [0.717, 1.165) is 0 Å². The number of nitro groups is 1. The molecule has 1 N–H and O–H groups in total. The average molecular weight is 352 g/mol. The van der Waals surface area contributed by atoms with Gasteiger partial charge in [0.2, 0.25) is 5.75 Å². The quantitative estimate of drug-likeness (QED) is 0.659. The summed E-state index contributed by atoms with van der Waals surface area (Å²) in [5.74, 6) is -0.792. The number of carboxylic acid groups (broad SMARTS) is 1. The van der Waals surface area contributed by atoms with Crippen LogP contribution < -0.4 is 4.74 Å². The lowest BCUT2D eigenvalue weighted by atomic mass is 10.1. The number of aryl methyl sites for hydroxylation is 1. The molecule has 108 valence electrons. The van der Waals surface area contributed by atoms with Gasteiger partial charge in [0.15, 0.2) is 0 Å². The highest BCUT2D eigenvalue weighted by Gasteiger charge is 2.17. The molecular formula is C14H10BrNO5. The first kappa shape index (κ1) is 15.0. The van der Waals surface area contributed by atoms with Crippen LogP contribution in [0.2, 0.25) is 0 Å². The minimum Gasteiger partial charge on any atom is -0.478 e. The van der Waals surface area contributed by atoms with Crippen molar-refractivity contribution in [1.82, 2.24) is 0 Å². The molecule has 2 rings (SSSR count). The second-order valence-corrected chi connectivity index (χ2v) is 5.17. The Bertz CT molecular complexity index is 729. The summed E-state index contributed by atoms with van der Waals surface area (Å²) in [5.41, 5.74) is 0.529. The Morgan fingerprint density at radius 2 is 1.95 bits per heavy atom. The average Bonchev–Trinajstić information content (AvgIpc) is 2.40. The van der Waals surface area contributed by atoms with Crippen LogP contribution >= 0.6 is 15.9 Å². The van der Waals surface area contributed by atoms with Crippen molar-refractivity contribution in [3.63, 3.8) is 0 Å². The van der Waals surface area contributed by atoms with Crippen LogP contribution in [0, 0.1) is 17.0 Å². The number of carboxylic acids is 1. The number of rotatable bonds is 4. The second-order valence-electron chi connectivity index (χ2n) is 4.26. The van der Waals surface area contributed by atoms with Gasteiger partial charge in [-0.3, -0.25) is 10.1 Å². The van der Waals surface area contributed by atoms with E-state index in [4.69, 9.17) is 9.84 Å². The molecule has 0 aliphatic heterocycles. The number of hydrogen-bond donors (Lipinski definition) is 1. The normalized spacial score (nSPS) is 10.2. The maximum absolute atomic E-state index is 11.0. The van der Waals surface area contributed by atoms with Crippen LogP contribution in [0.15, 0.2) is 40.9 Å².